The quantitative estimate of drug-likeness (QED) is 0.666. The van der Waals surface area contributed by atoms with Crippen LogP contribution in [0.15, 0.2) is 24.5 Å². The minimum Gasteiger partial charge on any atom is -0.394 e. The Labute approximate surface area is 172 Å². The first-order chi connectivity index (χ1) is 14.3. The molecule has 0 radical (unpaired) electrons. The highest BCUT2D eigenvalue weighted by Crippen LogP contribution is 2.39. The summed E-state index contributed by atoms with van der Waals surface area (Å²) >= 11 is 0. The van der Waals surface area contributed by atoms with Crippen molar-refractivity contribution in [3.8, 4) is 0 Å². The maximum atomic E-state index is 12.8. The number of aliphatic hydroxyl groups is 1. The molecule has 0 saturated heterocycles. The van der Waals surface area contributed by atoms with Crippen molar-refractivity contribution < 1.29 is 23.1 Å². The molecule has 2 aromatic heterocycles. The fraction of sp³-hybridized carbons (Fsp3) is 0.571. The topological polar surface area (TPSA) is 87.1 Å². The van der Waals surface area contributed by atoms with Gasteiger partial charge < -0.3 is 15.7 Å². The number of aromatic nitrogens is 2. The van der Waals surface area contributed by atoms with E-state index in [9.17, 15) is 18.0 Å². The van der Waals surface area contributed by atoms with E-state index in [1.54, 1.807) is 18.5 Å². The molecule has 2 saturated carbocycles. The molecule has 9 heteroatoms. The van der Waals surface area contributed by atoms with Crippen molar-refractivity contribution in [2.24, 2.45) is 0 Å². The van der Waals surface area contributed by atoms with E-state index in [4.69, 9.17) is 5.11 Å². The molecule has 6 nitrogen and oxygen atoms in total. The summed E-state index contributed by atoms with van der Waals surface area (Å²) in [6.45, 7) is -0.980. The second-order valence-corrected chi connectivity index (χ2v) is 8.27. The highest BCUT2D eigenvalue weighted by atomic mass is 19.4. The van der Waals surface area contributed by atoms with Gasteiger partial charge in [-0.3, -0.25) is 14.8 Å². The lowest BCUT2D eigenvalue weighted by molar-refractivity contribution is -0.166. The number of pyridine rings is 2. The summed E-state index contributed by atoms with van der Waals surface area (Å²) in [4.78, 5) is 21.5. The molecule has 0 bridgehead atoms. The van der Waals surface area contributed by atoms with Gasteiger partial charge in [-0.1, -0.05) is 0 Å². The largest absolute Gasteiger partial charge is 0.406 e. The second-order valence-electron chi connectivity index (χ2n) is 8.27. The normalized spacial score (nSPS) is 23.3. The third-order valence-corrected chi connectivity index (χ3v) is 5.92. The number of fused-ring (bicyclic) bond motifs is 1. The number of aliphatic hydroxyl groups excluding tert-OH is 1. The summed E-state index contributed by atoms with van der Waals surface area (Å²) in [7, 11) is 0. The van der Waals surface area contributed by atoms with Crippen LogP contribution >= 0.6 is 0 Å². The number of halogens is 3. The summed E-state index contributed by atoms with van der Waals surface area (Å²) in [5, 5.41) is 15.2. The second kappa shape index (κ2) is 8.47. The number of hydrogen-bond donors (Lipinski definition) is 3. The third kappa shape index (κ3) is 4.89. The van der Waals surface area contributed by atoms with Crippen molar-refractivity contribution in [2.45, 2.75) is 68.7 Å². The summed E-state index contributed by atoms with van der Waals surface area (Å²) in [6.07, 6.45) is 3.30. The number of amides is 1. The number of nitrogens with zero attached hydrogens (tertiary/aromatic N) is 2. The predicted molar refractivity (Wildman–Crippen MR) is 105 cm³/mol. The lowest BCUT2D eigenvalue weighted by atomic mass is 9.90. The van der Waals surface area contributed by atoms with Crippen LogP contribution in [0.4, 0.5) is 13.2 Å². The van der Waals surface area contributed by atoms with Crippen LogP contribution in [-0.2, 0) is 0 Å². The summed E-state index contributed by atoms with van der Waals surface area (Å²) < 4.78 is 38.4. The fourth-order valence-corrected chi connectivity index (χ4v) is 3.97. The van der Waals surface area contributed by atoms with Gasteiger partial charge in [-0.2, -0.15) is 13.2 Å². The first kappa shape index (κ1) is 21.0. The predicted octanol–water partition coefficient (Wildman–Crippen LogP) is 3.06. The standard InChI is InChI=1S/C21H25F3N4O2/c22-21(23,24)19(11-29)27-15-3-5-16(6-4-15)28-20(30)14-7-13-9-25-17(12-1-2-12)8-18(13)26-10-14/h7-10,12,15-16,19,27,29H,1-6,11H2,(H,28,30)/t15-,16-,19?. The Morgan fingerprint density at radius 2 is 1.77 bits per heavy atom. The van der Waals surface area contributed by atoms with Crippen molar-refractivity contribution >= 4 is 16.8 Å². The van der Waals surface area contributed by atoms with Gasteiger partial charge in [0.2, 0.25) is 0 Å². The Bertz CT molecular complexity index is 909. The van der Waals surface area contributed by atoms with Gasteiger partial charge in [0.1, 0.15) is 6.04 Å². The summed E-state index contributed by atoms with van der Waals surface area (Å²) in [5.41, 5.74) is 2.31. The smallest absolute Gasteiger partial charge is 0.394 e. The maximum absolute atomic E-state index is 12.8. The molecule has 1 amide bonds. The van der Waals surface area contributed by atoms with Gasteiger partial charge in [-0.05, 0) is 50.7 Å². The summed E-state index contributed by atoms with van der Waals surface area (Å²) in [6, 6.07) is 1.41. The molecule has 2 fully saturated rings. The van der Waals surface area contributed by atoms with E-state index in [1.807, 2.05) is 6.07 Å². The Kier molecular flexibility index (Phi) is 5.92. The van der Waals surface area contributed by atoms with Gasteiger partial charge >= 0.3 is 6.18 Å². The minimum absolute atomic E-state index is 0.0972. The van der Waals surface area contributed by atoms with Crippen LogP contribution in [0.5, 0.6) is 0 Å². The minimum atomic E-state index is -4.48. The van der Waals surface area contributed by atoms with Gasteiger partial charge in [0.25, 0.3) is 5.91 Å². The highest BCUT2D eigenvalue weighted by Gasteiger charge is 2.40. The van der Waals surface area contributed by atoms with E-state index in [0.717, 1.165) is 29.4 Å². The van der Waals surface area contributed by atoms with Gasteiger partial charge in [0.05, 0.1) is 17.7 Å². The van der Waals surface area contributed by atoms with Crippen molar-refractivity contribution in [3.05, 3.63) is 35.8 Å². The Hall–Kier alpha value is -2.26. The molecule has 0 aliphatic heterocycles. The lowest BCUT2D eigenvalue weighted by Gasteiger charge is -2.32. The Morgan fingerprint density at radius 1 is 1.07 bits per heavy atom. The SMILES string of the molecule is O=C(N[C@H]1CC[C@H](NC(CO)C(F)(F)F)CC1)c1cnc2cc(C3CC3)ncc2c1. The average Bonchev–Trinajstić information content (AvgIpc) is 3.57. The van der Waals surface area contributed by atoms with Gasteiger partial charge in [0, 0.05) is 41.5 Å². The van der Waals surface area contributed by atoms with Crippen LogP contribution in [-0.4, -0.2) is 51.9 Å². The number of carbonyl (C=O) groups excluding carboxylic acids is 1. The lowest BCUT2D eigenvalue weighted by Crippen LogP contribution is -2.51. The highest BCUT2D eigenvalue weighted by molar-refractivity contribution is 5.97. The molecule has 0 spiro atoms. The van der Waals surface area contributed by atoms with Gasteiger partial charge in [-0.25, -0.2) is 0 Å². The number of rotatable bonds is 6. The molecule has 2 aliphatic carbocycles. The van der Waals surface area contributed by atoms with Crippen molar-refractivity contribution in [1.82, 2.24) is 20.6 Å². The van der Waals surface area contributed by atoms with Crippen molar-refractivity contribution in [1.29, 1.82) is 0 Å². The van der Waals surface area contributed by atoms with Crippen molar-refractivity contribution in [3.63, 3.8) is 0 Å². The van der Waals surface area contributed by atoms with Crippen LogP contribution in [0.1, 0.15) is 60.5 Å². The molecule has 0 aromatic carbocycles. The van der Waals surface area contributed by atoms with E-state index in [-0.39, 0.29) is 18.0 Å². The molecule has 4 rings (SSSR count). The molecule has 2 aliphatic rings. The van der Waals surface area contributed by atoms with Crippen LogP contribution in [0.25, 0.3) is 10.9 Å². The molecular weight excluding hydrogens is 397 g/mol. The Morgan fingerprint density at radius 3 is 2.40 bits per heavy atom. The van der Waals surface area contributed by atoms with E-state index in [1.165, 1.54) is 0 Å². The third-order valence-electron chi connectivity index (χ3n) is 5.92. The zero-order valence-corrected chi connectivity index (χ0v) is 16.5. The van der Waals surface area contributed by atoms with Crippen LogP contribution < -0.4 is 10.6 Å². The Balaban J connectivity index is 1.32. The van der Waals surface area contributed by atoms with Gasteiger partial charge in [0.15, 0.2) is 0 Å². The number of hydrogen-bond acceptors (Lipinski definition) is 5. The molecular formula is C21H25F3N4O2. The fourth-order valence-electron chi connectivity index (χ4n) is 3.97. The zero-order chi connectivity index (χ0) is 21.3. The number of alkyl halides is 3. The van der Waals surface area contributed by atoms with E-state index in [2.05, 4.69) is 20.6 Å². The first-order valence-corrected chi connectivity index (χ1v) is 10.3. The molecule has 3 N–H and O–H groups in total. The van der Waals surface area contributed by atoms with Crippen LogP contribution in [0, 0.1) is 0 Å². The summed E-state index contributed by atoms with van der Waals surface area (Å²) in [5.74, 6) is 0.295. The first-order valence-electron chi connectivity index (χ1n) is 10.3. The number of nitrogens with one attached hydrogen (secondary N) is 2. The molecule has 162 valence electrons. The zero-order valence-electron chi connectivity index (χ0n) is 16.5. The van der Waals surface area contributed by atoms with Crippen LogP contribution in [0.3, 0.4) is 0 Å². The van der Waals surface area contributed by atoms with E-state index in [0.29, 0.717) is 37.2 Å². The van der Waals surface area contributed by atoms with Crippen LogP contribution in [0.2, 0.25) is 0 Å². The maximum Gasteiger partial charge on any atom is 0.406 e. The molecule has 2 heterocycles. The molecule has 1 unspecified atom stereocenters. The van der Waals surface area contributed by atoms with Crippen molar-refractivity contribution in [2.75, 3.05) is 6.61 Å². The monoisotopic (exact) mass is 422 g/mol. The molecule has 1 atom stereocenters. The number of carbonyl (C=O) groups is 1. The van der Waals surface area contributed by atoms with E-state index >= 15 is 0 Å². The van der Waals surface area contributed by atoms with Gasteiger partial charge in [-0.15, -0.1) is 0 Å². The average molecular weight is 422 g/mol. The van der Waals surface area contributed by atoms with E-state index < -0.39 is 18.8 Å². The molecule has 2 aromatic rings. The molecule has 30 heavy (non-hydrogen) atoms.